The number of aliphatic carboxylic acids is 1. The number of hydrogen-bond donors (Lipinski definition) is 1. The first kappa shape index (κ1) is 13.4. The van der Waals surface area contributed by atoms with Gasteiger partial charge in [-0.25, -0.2) is 4.79 Å². The van der Waals surface area contributed by atoms with E-state index in [0.29, 0.717) is 18.2 Å². The van der Waals surface area contributed by atoms with Crippen LogP contribution in [0.25, 0.3) is 11.0 Å². The molecular formula is C15H12N2O3S. The average molecular weight is 300 g/mol. The number of fused-ring (bicyclic) bond motifs is 1. The summed E-state index contributed by atoms with van der Waals surface area (Å²) in [7, 11) is 0. The molecule has 0 spiro atoms. The van der Waals surface area contributed by atoms with E-state index in [2.05, 4.69) is 4.98 Å². The fourth-order valence-corrected chi connectivity index (χ4v) is 2.63. The number of nitrogens with zero attached hydrogens (tertiary/aromatic N) is 2. The molecule has 2 aromatic heterocycles. The topological polar surface area (TPSA) is 63.8 Å². The van der Waals surface area contributed by atoms with E-state index in [4.69, 9.17) is 9.84 Å². The largest absolute Gasteiger partial charge is 0.478 e. The fraction of sp³-hybridized carbons (Fsp3) is 0.0667. The summed E-state index contributed by atoms with van der Waals surface area (Å²) >= 11 is 1.47. The van der Waals surface area contributed by atoms with Crippen LogP contribution >= 0.6 is 11.3 Å². The van der Waals surface area contributed by atoms with Gasteiger partial charge in [-0.2, -0.15) is 4.98 Å². The average Bonchev–Trinajstić information content (AvgIpc) is 3.05. The minimum absolute atomic E-state index is 0.388. The van der Waals surface area contributed by atoms with E-state index in [0.717, 1.165) is 16.6 Å². The molecule has 0 bridgehead atoms. The van der Waals surface area contributed by atoms with E-state index in [9.17, 15) is 4.79 Å². The summed E-state index contributed by atoms with van der Waals surface area (Å²) in [6.07, 6.45) is 4.41. The third-order valence-electron chi connectivity index (χ3n) is 2.87. The number of ether oxygens (including phenoxy) is 1. The molecule has 5 nitrogen and oxygen atoms in total. The number of imidazole rings is 1. The highest BCUT2D eigenvalue weighted by molar-refractivity contribution is 7.15. The predicted molar refractivity (Wildman–Crippen MR) is 80.5 cm³/mol. The number of hydrogen-bond acceptors (Lipinski definition) is 4. The van der Waals surface area contributed by atoms with Crippen LogP contribution in [0.5, 0.6) is 5.88 Å². The summed E-state index contributed by atoms with van der Waals surface area (Å²) in [4.78, 5) is 15.9. The van der Waals surface area contributed by atoms with Crippen molar-refractivity contribution in [2.45, 2.75) is 6.61 Å². The summed E-state index contributed by atoms with van der Waals surface area (Å²) in [6, 6.07) is 9.75. The van der Waals surface area contributed by atoms with E-state index >= 15 is 0 Å². The van der Waals surface area contributed by atoms with Gasteiger partial charge in [0, 0.05) is 17.7 Å². The normalized spacial score (nSPS) is 11.2. The van der Waals surface area contributed by atoms with Crippen molar-refractivity contribution in [3.05, 3.63) is 59.2 Å². The van der Waals surface area contributed by atoms with Crippen molar-refractivity contribution in [2.75, 3.05) is 0 Å². The van der Waals surface area contributed by atoms with Crippen LogP contribution in [0.1, 0.15) is 11.3 Å². The molecule has 0 fully saturated rings. The summed E-state index contributed by atoms with van der Waals surface area (Å²) in [5.74, 6) is -0.572. The van der Waals surface area contributed by atoms with Crippen LogP contribution in [0.15, 0.2) is 48.0 Å². The predicted octanol–water partition coefficient (Wildman–Crippen LogP) is 3.07. The molecule has 0 aliphatic carbocycles. The van der Waals surface area contributed by atoms with E-state index in [-0.39, 0.29) is 0 Å². The highest BCUT2D eigenvalue weighted by Crippen LogP contribution is 2.25. The number of rotatable bonds is 5. The molecule has 106 valence electrons. The van der Waals surface area contributed by atoms with Crippen molar-refractivity contribution in [1.29, 1.82) is 0 Å². The SMILES string of the molecule is O=C(O)/C=C/c1c(OCc2ccccc2)nc2sccn12. The Kier molecular flexibility index (Phi) is 3.70. The number of carbonyl (C=O) groups is 1. The molecule has 6 heteroatoms. The number of aromatic nitrogens is 2. The molecule has 0 aliphatic rings. The second-order valence-corrected chi connectivity index (χ2v) is 5.18. The van der Waals surface area contributed by atoms with Crippen molar-refractivity contribution in [1.82, 2.24) is 9.38 Å². The molecule has 3 aromatic rings. The summed E-state index contributed by atoms with van der Waals surface area (Å²) in [6.45, 7) is 0.388. The van der Waals surface area contributed by atoms with E-state index in [1.54, 1.807) is 0 Å². The number of carboxylic acids is 1. The highest BCUT2D eigenvalue weighted by atomic mass is 32.1. The minimum Gasteiger partial charge on any atom is -0.478 e. The molecule has 0 radical (unpaired) electrons. The lowest BCUT2D eigenvalue weighted by atomic mass is 10.2. The van der Waals surface area contributed by atoms with Crippen molar-refractivity contribution in [2.24, 2.45) is 0 Å². The molecule has 3 rings (SSSR count). The Morgan fingerprint density at radius 3 is 2.95 bits per heavy atom. The van der Waals surface area contributed by atoms with Gasteiger partial charge >= 0.3 is 5.97 Å². The van der Waals surface area contributed by atoms with Crippen LogP contribution in [0.3, 0.4) is 0 Å². The van der Waals surface area contributed by atoms with Crippen molar-refractivity contribution in [3.63, 3.8) is 0 Å². The summed E-state index contributed by atoms with van der Waals surface area (Å²) < 4.78 is 7.54. The second kappa shape index (κ2) is 5.80. The van der Waals surface area contributed by atoms with Crippen LogP contribution in [0.4, 0.5) is 0 Å². The van der Waals surface area contributed by atoms with Gasteiger partial charge in [-0.3, -0.25) is 4.40 Å². The molecule has 1 N–H and O–H groups in total. The Morgan fingerprint density at radius 2 is 2.19 bits per heavy atom. The van der Waals surface area contributed by atoms with Gasteiger partial charge in [0.15, 0.2) is 4.96 Å². The molecule has 0 aliphatic heterocycles. The smallest absolute Gasteiger partial charge is 0.328 e. The zero-order valence-corrected chi connectivity index (χ0v) is 11.8. The van der Waals surface area contributed by atoms with Gasteiger partial charge in [-0.05, 0) is 11.6 Å². The third kappa shape index (κ3) is 2.95. The first-order valence-corrected chi connectivity index (χ1v) is 7.15. The first-order chi connectivity index (χ1) is 10.2. The Balaban J connectivity index is 1.88. The van der Waals surface area contributed by atoms with E-state index in [1.807, 2.05) is 46.3 Å². The summed E-state index contributed by atoms with van der Waals surface area (Å²) in [5, 5.41) is 10.7. The molecule has 0 atom stereocenters. The van der Waals surface area contributed by atoms with E-state index < -0.39 is 5.97 Å². The lowest BCUT2D eigenvalue weighted by Gasteiger charge is -2.04. The van der Waals surface area contributed by atoms with Gasteiger partial charge in [-0.15, -0.1) is 11.3 Å². The maximum absolute atomic E-state index is 10.7. The fourth-order valence-electron chi connectivity index (χ4n) is 1.92. The molecule has 1 aromatic carbocycles. The van der Waals surface area contributed by atoms with Gasteiger partial charge in [0.25, 0.3) is 0 Å². The Hall–Kier alpha value is -2.60. The quantitative estimate of drug-likeness (QED) is 0.735. The third-order valence-corrected chi connectivity index (χ3v) is 3.62. The maximum atomic E-state index is 10.7. The van der Waals surface area contributed by atoms with Gasteiger partial charge in [0.1, 0.15) is 12.3 Å². The molecule has 0 unspecified atom stereocenters. The Labute approximate surface area is 124 Å². The zero-order valence-electron chi connectivity index (χ0n) is 11.0. The van der Waals surface area contributed by atoms with Crippen LogP contribution in [-0.2, 0) is 11.4 Å². The monoisotopic (exact) mass is 300 g/mol. The minimum atomic E-state index is -1.01. The zero-order chi connectivity index (χ0) is 14.7. The van der Waals surface area contributed by atoms with Crippen molar-refractivity contribution >= 4 is 28.3 Å². The van der Waals surface area contributed by atoms with Crippen LogP contribution in [0.2, 0.25) is 0 Å². The van der Waals surface area contributed by atoms with Gasteiger partial charge in [0.2, 0.25) is 5.88 Å². The van der Waals surface area contributed by atoms with Gasteiger partial charge in [0.05, 0.1) is 0 Å². The number of thiazole rings is 1. The van der Waals surface area contributed by atoms with E-state index in [1.165, 1.54) is 17.4 Å². The molecular weight excluding hydrogens is 288 g/mol. The molecule has 2 heterocycles. The molecule has 0 saturated heterocycles. The standard InChI is InChI=1S/C15H12N2O3S/c18-13(19)7-6-12-14(16-15-17(12)8-9-21-15)20-10-11-4-2-1-3-5-11/h1-9H,10H2,(H,18,19)/b7-6+. The van der Waals surface area contributed by atoms with Crippen LogP contribution < -0.4 is 4.74 Å². The van der Waals surface area contributed by atoms with Gasteiger partial charge < -0.3 is 9.84 Å². The van der Waals surface area contributed by atoms with Crippen molar-refractivity contribution in [3.8, 4) is 5.88 Å². The molecule has 0 saturated carbocycles. The lowest BCUT2D eigenvalue weighted by molar-refractivity contribution is -0.131. The van der Waals surface area contributed by atoms with Crippen LogP contribution in [0, 0.1) is 0 Å². The maximum Gasteiger partial charge on any atom is 0.328 e. The van der Waals surface area contributed by atoms with Crippen LogP contribution in [-0.4, -0.2) is 20.5 Å². The molecule has 0 amide bonds. The van der Waals surface area contributed by atoms with Crippen molar-refractivity contribution < 1.29 is 14.6 Å². The first-order valence-electron chi connectivity index (χ1n) is 6.27. The molecule has 21 heavy (non-hydrogen) atoms. The van der Waals surface area contributed by atoms with Gasteiger partial charge in [-0.1, -0.05) is 30.3 Å². The highest BCUT2D eigenvalue weighted by Gasteiger charge is 2.12. The number of benzene rings is 1. The summed E-state index contributed by atoms with van der Waals surface area (Å²) in [5.41, 5.74) is 1.66. The second-order valence-electron chi connectivity index (χ2n) is 4.30. The number of carboxylic acid groups (broad SMARTS) is 1. The Morgan fingerprint density at radius 1 is 1.38 bits per heavy atom. The lowest BCUT2D eigenvalue weighted by Crippen LogP contribution is -1.97. The Bertz CT molecular complexity index is 790.